The van der Waals surface area contributed by atoms with Crippen LogP contribution in [0, 0.1) is 11.8 Å². The quantitative estimate of drug-likeness (QED) is 0.115. The number of hydrogen-bond acceptors (Lipinski definition) is 15. The van der Waals surface area contributed by atoms with Crippen molar-refractivity contribution >= 4 is 0 Å². The van der Waals surface area contributed by atoms with Crippen molar-refractivity contribution in [1.29, 1.82) is 0 Å². The fourth-order valence-corrected chi connectivity index (χ4v) is 5.11. The first kappa shape index (κ1) is 31.9. The highest BCUT2D eigenvalue weighted by Crippen LogP contribution is 2.32. The maximum Gasteiger partial charge on any atom is 0.186 e. The van der Waals surface area contributed by atoms with Gasteiger partial charge in [0.05, 0.1) is 63.6 Å². The second kappa shape index (κ2) is 14.3. The van der Waals surface area contributed by atoms with Gasteiger partial charge in [0.15, 0.2) is 12.6 Å². The molecule has 0 radical (unpaired) electrons. The number of hydrogen-bond donors (Lipinski definition) is 9. The summed E-state index contributed by atoms with van der Waals surface area (Å²) >= 11 is 0. The molecule has 0 aromatic heterocycles. The summed E-state index contributed by atoms with van der Waals surface area (Å²) in [4.78, 5) is 0. The molecule has 0 aromatic carbocycles. The molecule has 0 saturated carbocycles. The molecule has 15 heteroatoms. The third-order valence-corrected chi connectivity index (χ3v) is 7.52. The number of aliphatic hydroxyl groups is 9. The Morgan fingerprint density at radius 1 is 0.526 bits per heavy atom. The third-order valence-electron chi connectivity index (χ3n) is 7.52. The molecule has 3 rings (SSSR count). The SMILES string of the molecule is CC[C@@H]1O[C@@H](CO)[C@@H](CO[C@@H]2OC(CO[C@H]3OC(CO)[C@H](O)[C@@H](O)C3O)[C@@H](COC)[C@@H](O)C2O)C(O)C1O. The summed E-state index contributed by atoms with van der Waals surface area (Å²) in [5, 5.41) is 91.6. The second-order valence-corrected chi connectivity index (χ2v) is 9.96. The van der Waals surface area contributed by atoms with Gasteiger partial charge in [0.25, 0.3) is 0 Å². The maximum atomic E-state index is 10.8. The molecular weight excluding hydrogens is 516 g/mol. The first-order valence-corrected chi connectivity index (χ1v) is 12.8. The fourth-order valence-electron chi connectivity index (χ4n) is 5.11. The van der Waals surface area contributed by atoms with Crippen molar-refractivity contribution in [2.45, 2.75) is 93.1 Å². The monoisotopic (exact) mass is 558 g/mol. The van der Waals surface area contributed by atoms with Crippen molar-refractivity contribution in [2.24, 2.45) is 11.8 Å². The number of ether oxygens (including phenoxy) is 6. The lowest BCUT2D eigenvalue weighted by Crippen LogP contribution is -2.61. The molecule has 0 bridgehead atoms. The predicted molar refractivity (Wildman–Crippen MR) is 123 cm³/mol. The van der Waals surface area contributed by atoms with Crippen LogP contribution in [0.2, 0.25) is 0 Å². The molecular formula is C23H42O15. The van der Waals surface area contributed by atoms with E-state index in [1.54, 1.807) is 6.92 Å². The van der Waals surface area contributed by atoms with Gasteiger partial charge in [-0.15, -0.1) is 0 Å². The molecule has 15 nitrogen and oxygen atoms in total. The van der Waals surface area contributed by atoms with Gasteiger partial charge in [-0.3, -0.25) is 0 Å². The van der Waals surface area contributed by atoms with Crippen LogP contribution in [0.15, 0.2) is 0 Å². The Bertz CT molecular complexity index is 698. The fraction of sp³-hybridized carbons (Fsp3) is 1.00. The van der Waals surface area contributed by atoms with Gasteiger partial charge in [0.1, 0.15) is 36.6 Å². The number of methoxy groups -OCH3 is 1. The van der Waals surface area contributed by atoms with Gasteiger partial charge in [-0.1, -0.05) is 6.92 Å². The van der Waals surface area contributed by atoms with Crippen LogP contribution < -0.4 is 0 Å². The van der Waals surface area contributed by atoms with Gasteiger partial charge in [-0.2, -0.15) is 0 Å². The van der Waals surface area contributed by atoms with Crippen molar-refractivity contribution in [2.75, 3.05) is 40.1 Å². The minimum atomic E-state index is -1.65. The van der Waals surface area contributed by atoms with Gasteiger partial charge < -0.3 is 74.4 Å². The Hall–Kier alpha value is -0.600. The van der Waals surface area contributed by atoms with Crippen LogP contribution in [0.1, 0.15) is 13.3 Å². The zero-order valence-corrected chi connectivity index (χ0v) is 21.4. The molecule has 0 aliphatic carbocycles. The largest absolute Gasteiger partial charge is 0.394 e. The Balaban J connectivity index is 1.67. The highest BCUT2D eigenvalue weighted by Gasteiger charge is 2.49. The first-order chi connectivity index (χ1) is 18.1. The van der Waals surface area contributed by atoms with Crippen molar-refractivity contribution in [3.05, 3.63) is 0 Å². The Morgan fingerprint density at radius 2 is 1.03 bits per heavy atom. The van der Waals surface area contributed by atoms with Crippen LogP contribution in [-0.2, 0) is 28.4 Å². The summed E-state index contributed by atoms with van der Waals surface area (Å²) in [6.45, 7) is -0.0227. The average molecular weight is 559 g/mol. The molecule has 3 heterocycles. The highest BCUT2D eigenvalue weighted by molar-refractivity contribution is 4.94. The summed E-state index contributed by atoms with van der Waals surface area (Å²) < 4.78 is 33.2. The van der Waals surface area contributed by atoms with E-state index in [9.17, 15) is 46.0 Å². The molecule has 3 aliphatic rings. The number of aliphatic hydroxyl groups excluding tert-OH is 9. The summed E-state index contributed by atoms with van der Waals surface area (Å²) in [6.07, 6.45) is -16.5. The van der Waals surface area contributed by atoms with Crippen LogP contribution in [-0.4, -0.2) is 166 Å². The van der Waals surface area contributed by atoms with Crippen molar-refractivity contribution in [3.63, 3.8) is 0 Å². The molecule has 38 heavy (non-hydrogen) atoms. The standard InChI is InChI=1S/C23H42O15/c1-3-11-17(28)15(26)10(12(4-24)36-11)7-34-22-20(31)16(27)9(6-33-2)14(38-22)8-35-23-21(32)19(30)18(29)13(5-25)37-23/h9-32H,3-8H2,1-2H3/t9-,10-,11+,12+,13?,14?,15?,16-,17?,18+,19-,20?,21?,22-,23+/m1/s1. The smallest absolute Gasteiger partial charge is 0.186 e. The summed E-state index contributed by atoms with van der Waals surface area (Å²) in [6, 6.07) is 0. The molecule has 0 amide bonds. The lowest BCUT2D eigenvalue weighted by atomic mass is 9.86. The van der Waals surface area contributed by atoms with Crippen LogP contribution >= 0.6 is 0 Å². The lowest BCUT2D eigenvalue weighted by Gasteiger charge is -2.45. The highest BCUT2D eigenvalue weighted by atomic mass is 16.7. The van der Waals surface area contributed by atoms with E-state index in [1.807, 2.05) is 0 Å². The molecule has 9 N–H and O–H groups in total. The maximum absolute atomic E-state index is 10.8. The predicted octanol–water partition coefficient (Wildman–Crippen LogP) is -4.96. The van der Waals surface area contributed by atoms with Crippen LogP contribution in [0.25, 0.3) is 0 Å². The van der Waals surface area contributed by atoms with Crippen LogP contribution in [0.4, 0.5) is 0 Å². The first-order valence-electron chi connectivity index (χ1n) is 12.8. The minimum absolute atomic E-state index is 0.0555. The minimum Gasteiger partial charge on any atom is -0.394 e. The van der Waals surface area contributed by atoms with E-state index in [2.05, 4.69) is 0 Å². The molecule has 0 spiro atoms. The van der Waals surface area contributed by atoms with Crippen molar-refractivity contribution < 1.29 is 74.4 Å². The molecule has 15 atom stereocenters. The van der Waals surface area contributed by atoms with E-state index < -0.39 is 105 Å². The molecule has 3 fully saturated rings. The van der Waals surface area contributed by atoms with E-state index >= 15 is 0 Å². The van der Waals surface area contributed by atoms with E-state index in [0.717, 1.165) is 0 Å². The summed E-state index contributed by atoms with van der Waals surface area (Å²) in [5.41, 5.74) is 0. The van der Waals surface area contributed by atoms with Gasteiger partial charge >= 0.3 is 0 Å². The van der Waals surface area contributed by atoms with Crippen molar-refractivity contribution in [3.8, 4) is 0 Å². The van der Waals surface area contributed by atoms with Gasteiger partial charge in [0.2, 0.25) is 0 Å². The van der Waals surface area contributed by atoms with E-state index in [-0.39, 0.29) is 19.8 Å². The average Bonchev–Trinajstić information content (AvgIpc) is 2.91. The normalized spacial score (nSPS) is 48.2. The molecule has 3 saturated heterocycles. The van der Waals surface area contributed by atoms with E-state index in [0.29, 0.717) is 6.42 Å². The molecule has 0 aromatic rings. The second-order valence-electron chi connectivity index (χ2n) is 9.96. The van der Waals surface area contributed by atoms with Crippen LogP contribution in [0.5, 0.6) is 0 Å². The Labute approximate surface area is 220 Å². The van der Waals surface area contributed by atoms with Crippen LogP contribution in [0.3, 0.4) is 0 Å². The van der Waals surface area contributed by atoms with E-state index in [1.165, 1.54) is 7.11 Å². The zero-order valence-electron chi connectivity index (χ0n) is 21.4. The molecule has 6 unspecified atom stereocenters. The van der Waals surface area contributed by atoms with Gasteiger partial charge in [-0.05, 0) is 6.42 Å². The summed E-state index contributed by atoms with van der Waals surface area (Å²) in [7, 11) is 1.38. The Kier molecular flexibility index (Phi) is 12.0. The third kappa shape index (κ3) is 6.82. The number of rotatable bonds is 11. The van der Waals surface area contributed by atoms with Crippen molar-refractivity contribution in [1.82, 2.24) is 0 Å². The van der Waals surface area contributed by atoms with E-state index in [4.69, 9.17) is 28.4 Å². The van der Waals surface area contributed by atoms with Gasteiger partial charge in [-0.25, -0.2) is 0 Å². The zero-order chi connectivity index (χ0) is 28.1. The van der Waals surface area contributed by atoms with Gasteiger partial charge in [0, 0.05) is 18.9 Å². The molecule has 224 valence electrons. The Morgan fingerprint density at radius 3 is 1.61 bits per heavy atom. The lowest BCUT2D eigenvalue weighted by molar-refractivity contribution is -0.331. The topological polar surface area (TPSA) is 237 Å². The molecule has 3 aliphatic heterocycles. The summed E-state index contributed by atoms with van der Waals surface area (Å²) in [5.74, 6) is -1.69.